The average molecular weight is 445 g/mol. The molecule has 4 aromatic rings. The van der Waals surface area contributed by atoms with Crippen LogP contribution >= 0.6 is 11.3 Å². The molecule has 32 heavy (non-hydrogen) atoms. The molecule has 0 N–H and O–H groups in total. The van der Waals surface area contributed by atoms with Gasteiger partial charge in [0.05, 0.1) is 25.6 Å². The fraction of sp³-hybridized carbons (Fsp3) is 0.222. The molecule has 0 saturated heterocycles. The maximum absolute atomic E-state index is 5.48. The summed E-state index contributed by atoms with van der Waals surface area (Å²) in [4.78, 5) is 5.95. The van der Waals surface area contributed by atoms with Crippen molar-refractivity contribution in [2.45, 2.75) is 26.8 Å². The van der Waals surface area contributed by atoms with Gasteiger partial charge in [-0.15, -0.1) is 11.3 Å². The van der Waals surface area contributed by atoms with Crippen LogP contribution in [0.25, 0.3) is 11.3 Å². The number of thiazole rings is 1. The Morgan fingerprint density at radius 3 is 2.12 bits per heavy atom. The van der Waals surface area contributed by atoms with Gasteiger partial charge in [-0.2, -0.15) is 0 Å². The van der Waals surface area contributed by atoms with E-state index in [4.69, 9.17) is 14.5 Å². The van der Waals surface area contributed by atoms with E-state index in [1.165, 1.54) is 27.9 Å². The molecule has 164 valence electrons. The zero-order valence-corrected chi connectivity index (χ0v) is 19.8. The van der Waals surface area contributed by atoms with Gasteiger partial charge in [-0.3, -0.25) is 0 Å². The van der Waals surface area contributed by atoms with E-state index < -0.39 is 0 Å². The second-order valence-corrected chi connectivity index (χ2v) is 8.64. The molecule has 0 aliphatic carbocycles. The van der Waals surface area contributed by atoms with Gasteiger partial charge in [0.1, 0.15) is 0 Å². The van der Waals surface area contributed by atoms with Gasteiger partial charge in [-0.25, -0.2) is 4.99 Å². The summed E-state index contributed by atoms with van der Waals surface area (Å²) in [6.45, 7) is 5.02. The Hall–Kier alpha value is -3.31. The first-order valence-electron chi connectivity index (χ1n) is 10.6. The Balaban J connectivity index is 1.71. The molecule has 4 rings (SSSR count). The summed E-state index contributed by atoms with van der Waals surface area (Å²) in [6.07, 6.45) is 0.858. The van der Waals surface area contributed by atoms with Gasteiger partial charge in [0.25, 0.3) is 0 Å². The van der Waals surface area contributed by atoms with Crippen molar-refractivity contribution in [2.75, 3.05) is 14.2 Å². The summed E-state index contributed by atoms with van der Waals surface area (Å²) < 4.78 is 13.2. The second kappa shape index (κ2) is 9.88. The van der Waals surface area contributed by atoms with Crippen LogP contribution in [0.15, 0.2) is 77.1 Å². The summed E-state index contributed by atoms with van der Waals surface area (Å²) in [5, 5.41) is 2.20. The lowest BCUT2D eigenvalue weighted by Gasteiger charge is -2.12. The molecule has 0 bridgehead atoms. The molecule has 0 amide bonds. The number of ether oxygens (including phenoxy) is 2. The largest absolute Gasteiger partial charge is 0.493 e. The third-order valence-corrected chi connectivity index (χ3v) is 6.34. The van der Waals surface area contributed by atoms with E-state index in [1.807, 2.05) is 12.1 Å². The minimum absolute atomic E-state index is 0.745. The van der Waals surface area contributed by atoms with Gasteiger partial charge in [0.15, 0.2) is 16.3 Å². The van der Waals surface area contributed by atoms with E-state index >= 15 is 0 Å². The molecule has 1 aromatic heterocycles. The second-order valence-electron chi connectivity index (χ2n) is 7.81. The maximum Gasteiger partial charge on any atom is 0.190 e. The highest BCUT2D eigenvalue weighted by Crippen LogP contribution is 2.28. The third kappa shape index (κ3) is 4.94. The Morgan fingerprint density at radius 1 is 0.812 bits per heavy atom. The fourth-order valence-corrected chi connectivity index (χ4v) is 4.55. The number of aryl methyl sites for hydroxylation is 3. The number of hydrogen-bond acceptors (Lipinski definition) is 4. The van der Waals surface area contributed by atoms with Gasteiger partial charge in [0.2, 0.25) is 0 Å². The quantitative estimate of drug-likeness (QED) is 0.334. The number of benzene rings is 3. The molecule has 0 aliphatic heterocycles. The average Bonchev–Trinajstić information content (AvgIpc) is 3.21. The van der Waals surface area contributed by atoms with E-state index in [0.717, 1.165) is 35.0 Å². The minimum atomic E-state index is 0.745. The van der Waals surface area contributed by atoms with E-state index in [-0.39, 0.29) is 0 Å². The molecule has 0 fully saturated rings. The molecule has 1 heterocycles. The normalized spacial score (nSPS) is 11.6. The molecule has 0 radical (unpaired) electrons. The van der Waals surface area contributed by atoms with E-state index in [9.17, 15) is 0 Å². The molecule has 0 aliphatic rings. The Morgan fingerprint density at radius 2 is 1.47 bits per heavy atom. The fourth-order valence-electron chi connectivity index (χ4n) is 3.60. The van der Waals surface area contributed by atoms with Gasteiger partial charge in [0, 0.05) is 11.9 Å². The lowest BCUT2D eigenvalue weighted by Crippen LogP contribution is -2.17. The molecular weight excluding hydrogens is 416 g/mol. The van der Waals surface area contributed by atoms with Crippen LogP contribution in [0.2, 0.25) is 0 Å². The number of nitrogens with zero attached hydrogens (tertiary/aromatic N) is 2. The van der Waals surface area contributed by atoms with Gasteiger partial charge in [-0.05, 0) is 55.7 Å². The molecule has 4 nitrogen and oxygen atoms in total. The first-order valence-corrected chi connectivity index (χ1v) is 11.5. The highest BCUT2D eigenvalue weighted by atomic mass is 32.1. The van der Waals surface area contributed by atoms with Crippen molar-refractivity contribution in [3.05, 3.63) is 93.6 Å². The molecule has 3 aromatic carbocycles. The first-order chi connectivity index (χ1) is 15.6. The van der Waals surface area contributed by atoms with Crippen LogP contribution in [0, 0.1) is 13.8 Å². The van der Waals surface area contributed by atoms with Crippen LogP contribution in [-0.2, 0) is 13.0 Å². The van der Waals surface area contributed by atoms with Crippen LogP contribution in [0.4, 0.5) is 5.69 Å². The molecule has 0 unspecified atom stereocenters. The summed E-state index contributed by atoms with van der Waals surface area (Å²) in [6, 6.07) is 23.1. The monoisotopic (exact) mass is 444 g/mol. The standard InChI is InChI=1S/C27H28N2O2S/c1-19-5-10-22(11-6-19)24-18-32-27(28-23-12-7-20(2)8-13-23)29(24)16-15-21-9-14-25(30-3)26(17-21)31-4/h5-14,17-18H,15-16H2,1-4H3. The van der Waals surface area contributed by atoms with Crippen molar-refractivity contribution in [3.8, 4) is 22.8 Å². The van der Waals surface area contributed by atoms with Crippen molar-refractivity contribution in [3.63, 3.8) is 0 Å². The minimum Gasteiger partial charge on any atom is -0.493 e. The van der Waals surface area contributed by atoms with Crippen molar-refractivity contribution >= 4 is 17.0 Å². The predicted molar refractivity (Wildman–Crippen MR) is 132 cm³/mol. The molecule has 5 heteroatoms. The lowest BCUT2D eigenvalue weighted by molar-refractivity contribution is 0.354. The highest BCUT2D eigenvalue weighted by Gasteiger charge is 2.10. The van der Waals surface area contributed by atoms with Gasteiger partial charge in [-0.1, -0.05) is 53.6 Å². The Kier molecular flexibility index (Phi) is 6.76. The van der Waals surface area contributed by atoms with Gasteiger partial charge >= 0.3 is 0 Å². The number of methoxy groups -OCH3 is 2. The molecule has 0 spiro atoms. The van der Waals surface area contributed by atoms with E-state index in [1.54, 1.807) is 25.6 Å². The number of aromatic nitrogens is 1. The van der Waals surface area contributed by atoms with Crippen molar-refractivity contribution in [1.29, 1.82) is 0 Å². The van der Waals surface area contributed by atoms with Crippen molar-refractivity contribution in [2.24, 2.45) is 4.99 Å². The maximum atomic E-state index is 5.48. The Labute approximate surface area is 193 Å². The number of hydrogen-bond donors (Lipinski definition) is 0. The van der Waals surface area contributed by atoms with Crippen molar-refractivity contribution in [1.82, 2.24) is 4.57 Å². The van der Waals surface area contributed by atoms with Gasteiger partial charge < -0.3 is 14.0 Å². The number of rotatable bonds is 7. The molecular formula is C27H28N2O2S. The summed E-state index contributed by atoms with van der Waals surface area (Å²) in [7, 11) is 3.33. The molecule has 0 atom stereocenters. The van der Waals surface area contributed by atoms with Crippen LogP contribution < -0.4 is 14.3 Å². The SMILES string of the molecule is COc1ccc(CCn2c(-c3ccc(C)cc3)csc2=Nc2ccc(C)cc2)cc1OC. The topological polar surface area (TPSA) is 35.8 Å². The molecule has 0 saturated carbocycles. The van der Waals surface area contributed by atoms with E-state index in [2.05, 4.69) is 78.4 Å². The summed E-state index contributed by atoms with van der Waals surface area (Å²) in [5.41, 5.74) is 7.03. The Bertz CT molecular complexity index is 1250. The van der Waals surface area contributed by atoms with Crippen LogP contribution in [-0.4, -0.2) is 18.8 Å². The first kappa shape index (κ1) is 21.9. The highest BCUT2D eigenvalue weighted by molar-refractivity contribution is 7.07. The van der Waals surface area contributed by atoms with Crippen LogP contribution in [0.3, 0.4) is 0 Å². The summed E-state index contributed by atoms with van der Waals surface area (Å²) in [5.74, 6) is 1.50. The summed E-state index contributed by atoms with van der Waals surface area (Å²) >= 11 is 1.67. The van der Waals surface area contributed by atoms with Crippen LogP contribution in [0.5, 0.6) is 11.5 Å². The predicted octanol–water partition coefficient (Wildman–Crippen LogP) is 6.33. The van der Waals surface area contributed by atoms with E-state index in [0.29, 0.717) is 0 Å². The third-order valence-electron chi connectivity index (χ3n) is 5.48. The lowest BCUT2D eigenvalue weighted by atomic mass is 10.1. The van der Waals surface area contributed by atoms with Crippen molar-refractivity contribution < 1.29 is 9.47 Å². The van der Waals surface area contributed by atoms with Crippen LogP contribution in [0.1, 0.15) is 16.7 Å². The zero-order chi connectivity index (χ0) is 22.5. The smallest absolute Gasteiger partial charge is 0.190 e. The zero-order valence-electron chi connectivity index (χ0n) is 19.0.